The number of amides is 1. The van der Waals surface area contributed by atoms with Crippen LogP contribution in [0.5, 0.6) is 0 Å². The van der Waals surface area contributed by atoms with E-state index in [0.717, 1.165) is 31.1 Å². The summed E-state index contributed by atoms with van der Waals surface area (Å²) in [6.07, 6.45) is 8.31. The summed E-state index contributed by atoms with van der Waals surface area (Å²) >= 11 is 0. The van der Waals surface area contributed by atoms with Crippen LogP contribution in [0.25, 0.3) is 0 Å². The van der Waals surface area contributed by atoms with Crippen LogP contribution in [0.1, 0.15) is 44.9 Å². The van der Waals surface area contributed by atoms with Crippen LogP contribution < -0.4 is 11.5 Å². The Bertz CT molecular complexity index is 313. The van der Waals surface area contributed by atoms with E-state index in [4.69, 9.17) is 11.5 Å². The standard InChI is InChI=1S/C13H22N2O/c14-11-8-3-4-10(6-8)13(11)5-1-2-9(7-13)12(15)16/h8-11H,1-7,14H2,(H2,15,16)/t8-,9+,10+,11+,13-/m0/s1. The summed E-state index contributed by atoms with van der Waals surface area (Å²) in [5.74, 6) is 1.51. The van der Waals surface area contributed by atoms with Crippen LogP contribution in [0.3, 0.4) is 0 Å². The van der Waals surface area contributed by atoms with Gasteiger partial charge in [0.25, 0.3) is 0 Å². The van der Waals surface area contributed by atoms with Gasteiger partial charge in [-0.05, 0) is 55.8 Å². The second-order valence-corrected chi connectivity index (χ2v) is 6.22. The van der Waals surface area contributed by atoms with Crippen LogP contribution in [0.15, 0.2) is 0 Å². The third-order valence-corrected chi connectivity index (χ3v) is 5.68. The zero-order chi connectivity index (χ0) is 11.3. The number of nitrogens with two attached hydrogens (primary N) is 2. The maximum Gasteiger partial charge on any atom is 0.220 e. The first-order chi connectivity index (χ1) is 7.63. The van der Waals surface area contributed by atoms with Gasteiger partial charge in [-0.1, -0.05) is 6.42 Å². The molecule has 0 unspecified atom stereocenters. The van der Waals surface area contributed by atoms with Crippen molar-refractivity contribution < 1.29 is 4.79 Å². The van der Waals surface area contributed by atoms with Crippen molar-refractivity contribution in [1.29, 1.82) is 0 Å². The average molecular weight is 222 g/mol. The third kappa shape index (κ3) is 1.27. The van der Waals surface area contributed by atoms with Gasteiger partial charge in [-0.2, -0.15) is 0 Å². The van der Waals surface area contributed by atoms with E-state index in [2.05, 4.69) is 0 Å². The molecule has 1 spiro atoms. The van der Waals surface area contributed by atoms with Gasteiger partial charge < -0.3 is 11.5 Å². The lowest BCUT2D eigenvalue weighted by Crippen LogP contribution is -2.50. The van der Waals surface area contributed by atoms with E-state index < -0.39 is 0 Å². The molecule has 16 heavy (non-hydrogen) atoms. The molecule has 3 saturated carbocycles. The minimum atomic E-state index is -0.103. The highest BCUT2D eigenvalue weighted by molar-refractivity contribution is 5.76. The molecule has 3 rings (SSSR count). The van der Waals surface area contributed by atoms with E-state index in [1.54, 1.807) is 0 Å². The van der Waals surface area contributed by atoms with Crippen LogP contribution in [0.4, 0.5) is 0 Å². The zero-order valence-corrected chi connectivity index (χ0v) is 9.82. The van der Waals surface area contributed by atoms with Crippen molar-refractivity contribution in [2.24, 2.45) is 34.6 Å². The number of carbonyl (C=O) groups excluding carboxylic acids is 1. The summed E-state index contributed by atoms with van der Waals surface area (Å²) in [4.78, 5) is 11.4. The Labute approximate surface area is 96.9 Å². The molecule has 0 radical (unpaired) electrons. The molecule has 0 saturated heterocycles. The van der Waals surface area contributed by atoms with Crippen LogP contribution in [0, 0.1) is 23.2 Å². The predicted molar refractivity (Wildman–Crippen MR) is 62.4 cm³/mol. The second kappa shape index (κ2) is 3.46. The largest absolute Gasteiger partial charge is 0.369 e. The van der Waals surface area contributed by atoms with Gasteiger partial charge in [0.05, 0.1) is 0 Å². The van der Waals surface area contributed by atoms with E-state index in [1.807, 2.05) is 0 Å². The molecule has 0 aliphatic heterocycles. The highest BCUT2D eigenvalue weighted by atomic mass is 16.1. The third-order valence-electron chi connectivity index (χ3n) is 5.68. The first kappa shape index (κ1) is 10.6. The van der Waals surface area contributed by atoms with Crippen molar-refractivity contribution in [1.82, 2.24) is 0 Å². The topological polar surface area (TPSA) is 69.1 Å². The van der Waals surface area contributed by atoms with Crippen molar-refractivity contribution in [3.8, 4) is 0 Å². The van der Waals surface area contributed by atoms with Crippen molar-refractivity contribution in [2.75, 3.05) is 0 Å². The predicted octanol–water partition coefficient (Wildman–Crippen LogP) is 1.41. The Balaban J connectivity index is 1.85. The molecular formula is C13H22N2O. The van der Waals surface area contributed by atoms with Gasteiger partial charge in [-0.3, -0.25) is 4.79 Å². The molecule has 0 heterocycles. The Morgan fingerprint density at radius 3 is 2.69 bits per heavy atom. The molecule has 0 aromatic carbocycles. The summed E-state index contributed by atoms with van der Waals surface area (Å²) < 4.78 is 0. The van der Waals surface area contributed by atoms with Gasteiger partial charge in [0.2, 0.25) is 5.91 Å². The molecule has 90 valence electrons. The van der Waals surface area contributed by atoms with Crippen molar-refractivity contribution in [3.05, 3.63) is 0 Å². The number of primary amides is 1. The Kier molecular flexibility index (Phi) is 2.29. The minimum absolute atomic E-state index is 0.0964. The summed E-state index contributed by atoms with van der Waals surface area (Å²) in [7, 11) is 0. The fraction of sp³-hybridized carbons (Fsp3) is 0.923. The number of fused-ring (bicyclic) bond motifs is 3. The Morgan fingerprint density at radius 1 is 1.25 bits per heavy atom. The Morgan fingerprint density at radius 2 is 2.06 bits per heavy atom. The normalized spacial score (nSPS) is 51.1. The van der Waals surface area contributed by atoms with Crippen LogP contribution in [-0.4, -0.2) is 11.9 Å². The lowest BCUT2D eigenvalue weighted by atomic mass is 9.59. The summed E-state index contributed by atoms with van der Waals surface area (Å²) in [6.45, 7) is 0. The van der Waals surface area contributed by atoms with E-state index >= 15 is 0 Å². The number of hydrogen-bond donors (Lipinski definition) is 2. The smallest absolute Gasteiger partial charge is 0.220 e. The van der Waals surface area contributed by atoms with Crippen molar-refractivity contribution >= 4 is 5.91 Å². The maximum absolute atomic E-state index is 11.4. The van der Waals surface area contributed by atoms with E-state index in [9.17, 15) is 4.79 Å². The Hall–Kier alpha value is -0.570. The first-order valence-electron chi connectivity index (χ1n) is 6.68. The minimum Gasteiger partial charge on any atom is -0.369 e. The highest BCUT2D eigenvalue weighted by Gasteiger charge is 2.57. The molecule has 3 fully saturated rings. The molecular weight excluding hydrogens is 200 g/mol. The molecule has 0 aromatic rings. The molecule has 2 bridgehead atoms. The summed E-state index contributed by atoms with van der Waals surface area (Å²) in [6, 6.07) is 0.341. The molecule has 3 heteroatoms. The summed E-state index contributed by atoms with van der Waals surface area (Å²) in [5, 5.41) is 0. The molecule has 1 amide bonds. The van der Waals surface area contributed by atoms with Crippen LogP contribution in [-0.2, 0) is 4.79 Å². The fourth-order valence-corrected chi connectivity index (χ4v) is 4.86. The fourth-order valence-electron chi connectivity index (χ4n) is 4.86. The molecule has 3 nitrogen and oxygen atoms in total. The van der Waals surface area contributed by atoms with Gasteiger partial charge in [0, 0.05) is 12.0 Å². The zero-order valence-electron chi connectivity index (χ0n) is 9.82. The molecule has 0 aromatic heterocycles. The van der Waals surface area contributed by atoms with E-state index in [1.165, 1.54) is 25.7 Å². The van der Waals surface area contributed by atoms with Crippen molar-refractivity contribution in [2.45, 2.75) is 51.0 Å². The SMILES string of the molecule is NC(=O)[C@@H]1CCC[C@]2(C1)[C@@H]1CC[C@@H](C1)[C@H]2N. The number of hydrogen-bond acceptors (Lipinski definition) is 2. The van der Waals surface area contributed by atoms with Gasteiger partial charge >= 0.3 is 0 Å². The number of rotatable bonds is 1. The van der Waals surface area contributed by atoms with Crippen LogP contribution in [0.2, 0.25) is 0 Å². The second-order valence-electron chi connectivity index (χ2n) is 6.22. The first-order valence-corrected chi connectivity index (χ1v) is 6.68. The van der Waals surface area contributed by atoms with E-state index in [-0.39, 0.29) is 17.2 Å². The molecule has 3 aliphatic rings. The van der Waals surface area contributed by atoms with Gasteiger partial charge in [0.1, 0.15) is 0 Å². The van der Waals surface area contributed by atoms with Crippen molar-refractivity contribution in [3.63, 3.8) is 0 Å². The average Bonchev–Trinajstić information content (AvgIpc) is 2.84. The van der Waals surface area contributed by atoms with Gasteiger partial charge in [-0.25, -0.2) is 0 Å². The lowest BCUT2D eigenvalue weighted by molar-refractivity contribution is -0.125. The van der Waals surface area contributed by atoms with Gasteiger partial charge in [0.15, 0.2) is 0 Å². The molecule has 5 atom stereocenters. The summed E-state index contributed by atoms with van der Waals surface area (Å²) in [5.41, 5.74) is 12.2. The molecule has 3 aliphatic carbocycles. The molecule has 4 N–H and O–H groups in total. The lowest BCUT2D eigenvalue weighted by Gasteiger charge is -2.47. The van der Waals surface area contributed by atoms with Crippen LogP contribution >= 0.6 is 0 Å². The highest BCUT2D eigenvalue weighted by Crippen LogP contribution is 2.61. The quantitative estimate of drug-likeness (QED) is 0.704. The monoisotopic (exact) mass is 222 g/mol. The number of carbonyl (C=O) groups is 1. The van der Waals surface area contributed by atoms with E-state index in [0.29, 0.717) is 6.04 Å². The van der Waals surface area contributed by atoms with Gasteiger partial charge in [-0.15, -0.1) is 0 Å². The maximum atomic E-state index is 11.4.